The number of aromatic nitrogens is 4. The molecule has 0 fully saturated rings. The van der Waals surface area contributed by atoms with Crippen LogP contribution in [0.5, 0.6) is 0 Å². The molecular weight excluding hydrogens is 274 g/mol. The number of carbonyl (C=O) groups excluding carboxylic acids is 1. The molecule has 0 aliphatic rings. The molecule has 2 aromatic heterocycles. The van der Waals surface area contributed by atoms with E-state index in [0.29, 0.717) is 17.3 Å². The molecule has 1 atom stereocenters. The van der Waals surface area contributed by atoms with Gasteiger partial charge in [-0.05, 0) is 19.8 Å². The third kappa shape index (κ3) is 3.41. The zero-order chi connectivity index (χ0) is 14.7. The summed E-state index contributed by atoms with van der Waals surface area (Å²) >= 11 is 1.42. The van der Waals surface area contributed by atoms with E-state index in [4.69, 9.17) is 0 Å². The molecule has 108 valence electrons. The topological polar surface area (TPSA) is 72.7 Å². The monoisotopic (exact) mass is 293 g/mol. The molecule has 0 radical (unpaired) electrons. The number of hydrogen-bond acceptors (Lipinski definition) is 5. The molecule has 0 aromatic carbocycles. The zero-order valence-corrected chi connectivity index (χ0v) is 12.9. The number of carbonyl (C=O) groups is 1. The first kappa shape index (κ1) is 14.6. The van der Waals surface area contributed by atoms with Crippen LogP contribution >= 0.6 is 11.3 Å². The number of nitrogens with zero attached hydrogens (tertiary/aromatic N) is 4. The molecule has 7 heteroatoms. The van der Waals surface area contributed by atoms with E-state index in [0.717, 1.165) is 10.7 Å². The van der Waals surface area contributed by atoms with Crippen molar-refractivity contribution in [1.29, 1.82) is 0 Å². The predicted octanol–water partition coefficient (Wildman–Crippen LogP) is 1.81. The summed E-state index contributed by atoms with van der Waals surface area (Å²) in [6.45, 7) is 8.46. The second-order valence-corrected chi connectivity index (χ2v) is 6.26. The lowest BCUT2D eigenvalue weighted by Crippen LogP contribution is -2.42. The van der Waals surface area contributed by atoms with E-state index >= 15 is 0 Å². The number of hydrogen-bond donors (Lipinski definition) is 1. The summed E-state index contributed by atoms with van der Waals surface area (Å²) in [5.74, 6) is 0.221. The maximum Gasteiger partial charge on any atom is 0.263 e. The Labute approximate surface area is 122 Å². The molecule has 0 bridgehead atoms. The molecule has 0 spiro atoms. The Balaban J connectivity index is 2.08. The van der Waals surface area contributed by atoms with Crippen molar-refractivity contribution in [3.8, 4) is 0 Å². The molecule has 6 nitrogen and oxygen atoms in total. The molecule has 0 saturated heterocycles. The number of nitrogens with one attached hydrogen (secondary N) is 1. The first-order chi connectivity index (χ1) is 9.47. The maximum atomic E-state index is 12.3. The Kier molecular flexibility index (Phi) is 4.49. The highest BCUT2D eigenvalue weighted by Crippen LogP contribution is 2.17. The summed E-state index contributed by atoms with van der Waals surface area (Å²) in [5.41, 5.74) is 0.782. The quantitative estimate of drug-likeness (QED) is 0.912. The Hall–Kier alpha value is -1.76. The van der Waals surface area contributed by atoms with Crippen LogP contribution < -0.4 is 5.32 Å². The van der Waals surface area contributed by atoms with Gasteiger partial charge in [-0.15, -0.1) is 11.3 Å². The van der Waals surface area contributed by atoms with Crippen molar-refractivity contribution < 1.29 is 4.79 Å². The van der Waals surface area contributed by atoms with E-state index in [-0.39, 0.29) is 11.9 Å². The summed E-state index contributed by atoms with van der Waals surface area (Å²) < 4.78 is 0. The van der Waals surface area contributed by atoms with Crippen LogP contribution in [0.3, 0.4) is 0 Å². The number of amides is 1. The van der Waals surface area contributed by atoms with Crippen molar-refractivity contribution in [2.75, 3.05) is 0 Å². The minimum Gasteiger partial charge on any atom is -0.346 e. The summed E-state index contributed by atoms with van der Waals surface area (Å²) in [6.07, 6.45) is 3.27. The van der Waals surface area contributed by atoms with E-state index in [2.05, 4.69) is 34.3 Å². The molecule has 1 N–H and O–H groups in total. The molecule has 2 heterocycles. The molecule has 0 saturated carbocycles. The predicted molar refractivity (Wildman–Crippen MR) is 77.7 cm³/mol. The maximum absolute atomic E-state index is 12.3. The Morgan fingerprint density at radius 3 is 2.50 bits per heavy atom. The number of thiazole rings is 1. The summed E-state index contributed by atoms with van der Waals surface area (Å²) in [7, 11) is 0. The highest BCUT2D eigenvalue weighted by molar-refractivity contribution is 7.13. The molecule has 0 unspecified atom stereocenters. The van der Waals surface area contributed by atoms with Crippen molar-refractivity contribution >= 4 is 17.2 Å². The second kappa shape index (κ2) is 6.13. The van der Waals surface area contributed by atoms with Gasteiger partial charge in [0.1, 0.15) is 4.88 Å². The van der Waals surface area contributed by atoms with E-state index in [1.807, 2.05) is 13.8 Å². The Morgan fingerprint density at radius 2 is 2.00 bits per heavy atom. The van der Waals surface area contributed by atoms with Gasteiger partial charge in [0.2, 0.25) is 0 Å². The van der Waals surface area contributed by atoms with Crippen LogP contribution in [0.15, 0.2) is 12.4 Å². The van der Waals surface area contributed by atoms with Gasteiger partial charge in [0.05, 0.1) is 35.7 Å². The molecule has 0 aliphatic carbocycles. The van der Waals surface area contributed by atoms with Gasteiger partial charge >= 0.3 is 0 Å². The summed E-state index contributed by atoms with van der Waals surface area (Å²) in [6, 6.07) is -0.0169. The molecular formula is C13H19N5OS. The normalized spacial score (nSPS) is 12.7. The van der Waals surface area contributed by atoms with Crippen molar-refractivity contribution in [2.45, 2.75) is 40.3 Å². The van der Waals surface area contributed by atoms with E-state index in [9.17, 15) is 4.79 Å². The van der Waals surface area contributed by atoms with Crippen molar-refractivity contribution in [3.63, 3.8) is 0 Å². The van der Waals surface area contributed by atoms with Gasteiger partial charge in [0.25, 0.3) is 5.91 Å². The molecule has 0 aliphatic heterocycles. The Bertz CT molecular complexity index is 576. The van der Waals surface area contributed by atoms with Gasteiger partial charge in [0.15, 0.2) is 0 Å². The largest absolute Gasteiger partial charge is 0.346 e. The van der Waals surface area contributed by atoms with Crippen LogP contribution in [0, 0.1) is 19.8 Å². The lowest BCUT2D eigenvalue weighted by Gasteiger charge is -2.21. The highest BCUT2D eigenvalue weighted by atomic mass is 32.1. The van der Waals surface area contributed by atoms with E-state index in [1.165, 1.54) is 11.3 Å². The van der Waals surface area contributed by atoms with E-state index in [1.54, 1.807) is 17.2 Å². The molecule has 2 aromatic rings. The third-order valence-electron chi connectivity index (χ3n) is 3.06. The molecule has 1 amide bonds. The van der Waals surface area contributed by atoms with Crippen molar-refractivity contribution in [1.82, 2.24) is 25.3 Å². The van der Waals surface area contributed by atoms with Gasteiger partial charge < -0.3 is 5.32 Å². The second-order valence-electron chi connectivity index (χ2n) is 5.06. The van der Waals surface area contributed by atoms with Gasteiger partial charge in [-0.3, -0.25) is 4.79 Å². The number of rotatable bonds is 5. The smallest absolute Gasteiger partial charge is 0.263 e. The first-order valence-electron chi connectivity index (χ1n) is 6.56. The van der Waals surface area contributed by atoms with Gasteiger partial charge in [-0.2, -0.15) is 15.0 Å². The SMILES string of the molecule is Cc1nc(C)c(C(=O)N[C@@H](Cn2nccn2)C(C)C)s1. The van der Waals surface area contributed by atoms with Crippen LogP contribution in [0.1, 0.15) is 34.2 Å². The minimum absolute atomic E-state index is 0.0169. The van der Waals surface area contributed by atoms with Crippen LogP contribution in [-0.4, -0.2) is 31.9 Å². The first-order valence-corrected chi connectivity index (χ1v) is 7.38. The molecule has 20 heavy (non-hydrogen) atoms. The zero-order valence-electron chi connectivity index (χ0n) is 12.1. The van der Waals surface area contributed by atoms with Crippen LogP contribution in [0.25, 0.3) is 0 Å². The highest BCUT2D eigenvalue weighted by Gasteiger charge is 2.21. The standard InChI is InChI=1S/C13H19N5OS/c1-8(2)11(7-18-14-5-6-15-18)17-13(19)12-9(3)16-10(4)20-12/h5-6,8,11H,7H2,1-4H3,(H,17,19)/t11-/m0/s1. The van der Waals surface area contributed by atoms with Crippen molar-refractivity contribution in [2.24, 2.45) is 5.92 Å². The van der Waals surface area contributed by atoms with Gasteiger partial charge in [-0.1, -0.05) is 13.8 Å². The summed E-state index contributed by atoms with van der Waals surface area (Å²) in [5, 5.41) is 12.1. The average molecular weight is 293 g/mol. The molecule has 2 rings (SSSR count). The van der Waals surface area contributed by atoms with Crippen molar-refractivity contribution in [3.05, 3.63) is 28.0 Å². The minimum atomic E-state index is -0.0704. The van der Waals surface area contributed by atoms with Gasteiger partial charge in [-0.25, -0.2) is 4.98 Å². The summed E-state index contributed by atoms with van der Waals surface area (Å²) in [4.78, 5) is 18.9. The fourth-order valence-corrected chi connectivity index (χ4v) is 2.74. The van der Waals surface area contributed by atoms with Crippen LogP contribution in [0.4, 0.5) is 0 Å². The fourth-order valence-electron chi connectivity index (χ4n) is 1.91. The third-order valence-corrected chi connectivity index (χ3v) is 4.13. The fraction of sp³-hybridized carbons (Fsp3) is 0.538. The Morgan fingerprint density at radius 1 is 1.35 bits per heavy atom. The lowest BCUT2D eigenvalue weighted by molar-refractivity contribution is 0.0921. The lowest BCUT2D eigenvalue weighted by atomic mass is 10.0. The number of aryl methyl sites for hydroxylation is 2. The van der Waals surface area contributed by atoms with Gasteiger partial charge in [0, 0.05) is 0 Å². The van der Waals surface area contributed by atoms with Crippen LogP contribution in [-0.2, 0) is 6.54 Å². The van der Waals surface area contributed by atoms with Crippen LogP contribution in [0.2, 0.25) is 0 Å². The average Bonchev–Trinajstić information content (AvgIpc) is 2.97. The van der Waals surface area contributed by atoms with E-state index < -0.39 is 0 Å².